The summed E-state index contributed by atoms with van der Waals surface area (Å²) in [4.78, 5) is 15.5. The molecule has 1 saturated heterocycles. The quantitative estimate of drug-likeness (QED) is 0.613. The van der Waals surface area contributed by atoms with E-state index >= 15 is 0 Å². The smallest absolute Gasteiger partial charge is 0.243 e. The van der Waals surface area contributed by atoms with Gasteiger partial charge in [0.15, 0.2) is 0 Å². The van der Waals surface area contributed by atoms with E-state index < -0.39 is 5.91 Å². The molecule has 3 rings (SSSR count). The van der Waals surface area contributed by atoms with Crippen molar-refractivity contribution in [2.24, 2.45) is 5.73 Å². The molecule has 5 nitrogen and oxygen atoms in total. The second-order valence-electron chi connectivity index (χ2n) is 6.77. The second-order valence-corrected chi connectivity index (χ2v) is 7.18. The molecule has 1 aliphatic rings. The van der Waals surface area contributed by atoms with Gasteiger partial charge in [-0.05, 0) is 17.2 Å². The van der Waals surface area contributed by atoms with Gasteiger partial charge in [0, 0.05) is 49.9 Å². The highest BCUT2D eigenvalue weighted by atomic mass is 35.5. The van der Waals surface area contributed by atoms with Crippen LogP contribution < -0.4 is 5.73 Å². The molecule has 8 heteroatoms. The monoisotopic (exact) mass is 459 g/mol. The predicted molar refractivity (Wildman–Crippen MR) is 123 cm³/mol. The fourth-order valence-electron chi connectivity index (χ4n) is 3.38. The molecule has 2 aromatic carbocycles. The Labute approximate surface area is 190 Å². The zero-order valence-corrected chi connectivity index (χ0v) is 18.6. The van der Waals surface area contributed by atoms with Crippen LogP contribution in [-0.4, -0.2) is 61.6 Å². The summed E-state index contributed by atoms with van der Waals surface area (Å²) in [5, 5.41) is 0.783. The van der Waals surface area contributed by atoms with E-state index in [1.165, 1.54) is 11.1 Å². The third-order valence-corrected chi connectivity index (χ3v) is 5.17. The molecular weight excluding hydrogens is 433 g/mol. The number of ether oxygens (including phenoxy) is 1. The van der Waals surface area contributed by atoms with E-state index in [-0.39, 0.29) is 31.4 Å². The SMILES string of the molecule is Cl.Cl.NC(=O)COCCN1CCN(Cc2ccccc2-c2ccccc2Cl)CC1. The van der Waals surface area contributed by atoms with Crippen LogP contribution in [0.3, 0.4) is 0 Å². The summed E-state index contributed by atoms with van der Waals surface area (Å²) in [6, 6.07) is 16.5. The molecule has 29 heavy (non-hydrogen) atoms. The Morgan fingerprint density at radius 1 is 0.931 bits per heavy atom. The summed E-state index contributed by atoms with van der Waals surface area (Å²) in [6.07, 6.45) is 0. The zero-order valence-electron chi connectivity index (χ0n) is 16.3. The third kappa shape index (κ3) is 7.78. The number of primary amides is 1. The highest BCUT2D eigenvalue weighted by Crippen LogP contribution is 2.31. The average Bonchev–Trinajstić information content (AvgIpc) is 2.67. The lowest BCUT2D eigenvalue weighted by Gasteiger charge is -2.35. The normalized spacial score (nSPS) is 14.7. The van der Waals surface area contributed by atoms with Crippen LogP contribution in [0.5, 0.6) is 0 Å². The van der Waals surface area contributed by atoms with Crippen LogP contribution in [0.1, 0.15) is 5.56 Å². The van der Waals surface area contributed by atoms with Gasteiger partial charge < -0.3 is 10.5 Å². The maximum Gasteiger partial charge on any atom is 0.243 e. The van der Waals surface area contributed by atoms with Crippen LogP contribution in [0.4, 0.5) is 0 Å². The van der Waals surface area contributed by atoms with E-state index in [0.29, 0.717) is 6.61 Å². The molecule has 0 unspecified atom stereocenters. The van der Waals surface area contributed by atoms with Crippen molar-refractivity contribution in [2.75, 3.05) is 45.9 Å². The highest BCUT2D eigenvalue weighted by Gasteiger charge is 2.18. The Bertz CT molecular complexity index is 768. The van der Waals surface area contributed by atoms with E-state index in [9.17, 15) is 4.79 Å². The lowest BCUT2D eigenvalue weighted by molar-refractivity contribution is -0.122. The molecule has 0 spiro atoms. The van der Waals surface area contributed by atoms with Crippen LogP contribution in [0.15, 0.2) is 48.5 Å². The molecule has 0 atom stereocenters. The Morgan fingerprint density at radius 3 is 2.17 bits per heavy atom. The summed E-state index contributed by atoms with van der Waals surface area (Å²) in [5.41, 5.74) is 8.65. The first kappa shape index (κ1) is 25.7. The summed E-state index contributed by atoms with van der Waals surface area (Å²) >= 11 is 6.41. The molecule has 2 N–H and O–H groups in total. The van der Waals surface area contributed by atoms with E-state index in [2.05, 4.69) is 40.1 Å². The number of amides is 1. The van der Waals surface area contributed by atoms with Crippen LogP contribution in [0.25, 0.3) is 11.1 Å². The van der Waals surface area contributed by atoms with Crippen LogP contribution in [-0.2, 0) is 16.1 Å². The van der Waals surface area contributed by atoms with Gasteiger partial charge in [-0.15, -0.1) is 24.8 Å². The van der Waals surface area contributed by atoms with E-state index in [1.807, 2.05) is 18.2 Å². The van der Waals surface area contributed by atoms with Crippen molar-refractivity contribution < 1.29 is 9.53 Å². The van der Waals surface area contributed by atoms with Crippen molar-refractivity contribution >= 4 is 42.3 Å². The highest BCUT2D eigenvalue weighted by molar-refractivity contribution is 6.33. The van der Waals surface area contributed by atoms with Crippen LogP contribution in [0.2, 0.25) is 5.02 Å². The Balaban J connectivity index is 0.00000210. The summed E-state index contributed by atoms with van der Waals surface area (Å²) in [7, 11) is 0. The molecule has 1 aliphatic heterocycles. The Morgan fingerprint density at radius 2 is 1.52 bits per heavy atom. The van der Waals surface area contributed by atoms with Crippen molar-refractivity contribution in [1.29, 1.82) is 0 Å². The number of halogens is 3. The van der Waals surface area contributed by atoms with Gasteiger partial charge in [0.25, 0.3) is 0 Å². The molecule has 0 aromatic heterocycles. The fraction of sp³-hybridized carbons (Fsp3) is 0.381. The first-order valence-electron chi connectivity index (χ1n) is 9.27. The number of piperazine rings is 1. The van der Waals surface area contributed by atoms with Gasteiger partial charge in [-0.2, -0.15) is 0 Å². The standard InChI is InChI=1S/C21H26ClN3O2.2ClH/c22-20-8-4-3-7-19(20)18-6-2-1-5-17(18)15-25-11-9-24(10-12-25)13-14-27-16-21(23)26;;/h1-8H,9-16H2,(H2,23,26);2*1H. The lowest BCUT2D eigenvalue weighted by Crippen LogP contribution is -2.46. The van der Waals surface area contributed by atoms with Crippen molar-refractivity contribution in [2.45, 2.75) is 6.54 Å². The van der Waals surface area contributed by atoms with Gasteiger partial charge in [0.05, 0.1) is 6.61 Å². The molecule has 2 aromatic rings. The Kier molecular flexibility index (Phi) is 11.6. The van der Waals surface area contributed by atoms with E-state index in [1.54, 1.807) is 0 Å². The first-order chi connectivity index (χ1) is 13.1. The van der Waals surface area contributed by atoms with Gasteiger partial charge >= 0.3 is 0 Å². The Hall–Kier alpha value is -1.34. The summed E-state index contributed by atoms with van der Waals surface area (Å²) in [6.45, 7) is 6.28. The molecule has 0 aliphatic carbocycles. The largest absolute Gasteiger partial charge is 0.370 e. The van der Waals surface area contributed by atoms with E-state index in [0.717, 1.165) is 49.9 Å². The fourth-order valence-corrected chi connectivity index (χ4v) is 3.62. The van der Waals surface area contributed by atoms with Gasteiger partial charge in [-0.3, -0.25) is 14.6 Å². The molecule has 0 saturated carbocycles. The average molecular weight is 461 g/mol. The number of carbonyl (C=O) groups excluding carboxylic acids is 1. The maximum absolute atomic E-state index is 10.7. The topological polar surface area (TPSA) is 58.8 Å². The van der Waals surface area contributed by atoms with Gasteiger partial charge in [0.1, 0.15) is 6.61 Å². The summed E-state index contributed by atoms with van der Waals surface area (Å²) in [5.74, 6) is -0.419. The van der Waals surface area contributed by atoms with Crippen molar-refractivity contribution in [1.82, 2.24) is 9.80 Å². The minimum Gasteiger partial charge on any atom is -0.370 e. The number of rotatable bonds is 8. The number of hydrogen-bond acceptors (Lipinski definition) is 4. The number of nitrogens with two attached hydrogens (primary N) is 1. The molecule has 1 heterocycles. The lowest BCUT2D eigenvalue weighted by atomic mass is 9.99. The summed E-state index contributed by atoms with van der Waals surface area (Å²) < 4.78 is 5.25. The van der Waals surface area contributed by atoms with Gasteiger partial charge in [-0.1, -0.05) is 54.1 Å². The molecular formula is C21H28Cl3N3O2. The molecule has 1 fully saturated rings. The van der Waals surface area contributed by atoms with Crippen molar-refractivity contribution in [3.05, 3.63) is 59.1 Å². The maximum atomic E-state index is 10.7. The van der Waals surface area contributed by atoms with Crippen LogP contribution in [0, 0.1) is 0 Å². The first-order valence-corrected chi connectivity index (χ1v) is 9.65. The molecule has 1 amide bonds. The third-order valence-electron chi connectivity index (χ3n) is 4.84. The molecule has 160 valence electrons. The zero-order chi connectivity index (χ0) is 19.1. The number of nitrogens with zero attached hydrogens (tertiary/aromatic N) is 2. The van der Waals surface area contributed by atoms with Gasteiger partial charge in [0.2, 0.25) is 5.91 Å². The number of carbonyl (C=O) groups is 1. The van der Waals surface area contributed by atoms with Crippen molar-refractivity contribution in [3.63, 3.8) is 0 Å². The minimum absolute atomic E-state index is 0. The van der Waals surface area contributed by atoms with E-state index in [4.69, 9.17) is 22.1 Å². The number of hydrogen-bond donors (Lipinski definition) is 1. The second kappa shape index (κ2) is 13.1. The molecule has 0 bridgehead atoms. The minimum atomic E-state index is -0.419. The molecule has 0 radical (unpaired) electrons. The number of benzene rings is 2. The van der Waals surface area contributed by atoms with Crippen LogP contribution >= 0.6 is 36.4 Å². The van der Waals surface area contributed by atoms with Gasteiger partial charge in [-0.25, -0.2) is 0 Å². The predicted octanol–water partition coefficient (Wildman–Crippen LogP) is 3.47. The van der Waals surface area contributed by atoms with Crippen molar-refractivity contribution in [3.8, 4) is 11.1 Å².